The Labute approximate surface area is 140 Å². The summed E-state index contributed by atoms with van der Waals surface area (Å²) < 4.78 is 13.9. The van der Waals surface area contributed by atoms with Gasteiger partial charge in [0.1, 0.15) is 5.82 Å². The summed E-state index contributed by atoms with van der Waals surface area (Å²) in [6, 6.07) is 10.1. The topological polar surface area (TPSA) is 52.6 Å². The summed E-state index contributed by atoms with van der Waals surface area (Å²) >= 11 is 0. The molecular weight excluding hydrogens is 305 g/mol. The quantitative estimate of drug-likeness (QED) is 0.907. The van der Waals surface area contributed by atoms with Crippen molar-refractivity contribution in [1.82, 2.24) is 15.7 Å². The maximum absolute atomic E-state index is 13.9. The van der Waals surface area contributed by atoms with Crippen LogP contribution in [0, 0.1) is 5.82 Å². The molecular formula is C18H20FN5. The van der Waals surface area contributed by atoms with Crippen LogP contribution in [0.2, 0.25) is 0 Å². The van der Waals surface area contributed by atoms with E-state index in [2.05, 4.69) is 50.0 Å². The maximum atomic E-state index is 13.9. The number of benzene rings is 1. The molecule has 6 heteroatoms. The van der Waals surface area contributed by atoms with Crippen molar-refractivity contribution in [2.75, 3.05) is 31.1 Å². The molecule has 5 nitrogen and oxygen atoms in total. The molecule has 2 aliphatic heterocycles. The van der Waals surface area contributed by atoms with Crippen molar-refractivity contribution in [3.8, 4) is 0 Å². The minimum atomic E-state index is -0.291. The molecule has 1 fully saturated rings. The van der Waals surface area contributed by atoms with Crippen LogP contribution in [0.3, 0.4) is 0 Å². The molecule has 1 saturated heterocycles. The molecule has 24 heavy (non-hydrogen) atoms. The molecule has 1 unspecified atom stereocenters. The van der Waals surface area contributed by atoms with E-state index in [-0.39, 0.29) is 11.9 Å². The lowest BCUT2D eigenvalue weighted by molar-refractivity contribution is 0.545. The fourth-order valence-electron chi connectivity index (χ4n) is 3.26. The third-order valence-corrected chi connectivity index (χ3v) is 4.61. The molecule has 2 aliphatic rings. The highest BCUT2D eigenvalue weighted by atomic mass is 19.1. The standard InChI is InChI=1S/C18H20FN5/c19-16-12-21-6-5-15(16)18-11-17(22-23-18)13-1-3-14(4-2-13)24-9-7-20-8-10-24/h1-6,12,18,20,23H,7-11H2. The fraction of sp³-hybridized carbons (Fsp3) is 0.333. The smallest absolute Gasteiger partial charge is 0.146 e. The highest BCUT2D eigenvalue weighted by Gasteiger charge is 2.23. The first-order chi connectivity index (χ1) is 11.8. The third kappa shape index (κ3) is 2.97. The first kappa shape index (κ1) is 15.1. The largest absolute Gasteiger partial charge is 0.369 e. The Kier molecular flexibility index (Phi) is 4.13. The summed E-state index contributed by atoms with van der Waals surface area (Å²) in [6.45, 7) is 4.12. The van der Waals surface area contributed by atoms with Crippen LogP contribution in [0.1, 0.15) is 23.6 Å². The average Bonchev–Trinajstić information content (AvgIpc) is 3.13. The van der Waals surface area contributed by atoms with Gasteiger partial charge in [0.05, 0.1) is 18.0 Å². The van der Waals surface area contributed by atoms with Gasteiger partial charge in [0.25, 0.3) is 0 Å². The summed E-state index contributed by atoms with van der Waals surface area (Å²) in [5, 5.41) is 7.76. The van der Waals surface area contributed by atoms with Gasteiger partial charge < -0.3 is 15.6 Å². The number of nitrogens with zero attached hydrogens (tertiary/aromatic N) is 3. The van der Waals surface area contributed by atoms with Crippen molar-refractivity contribution in [1.29, 1.82) is 0 Å². The molecule has 1 aromatic heterocycles. The summed E-state index contributed by atoms with van der Waals surface area (Å²) in [7, 11) is 0. The van der Waals surface area contributed by atoms with Crippen molar-refractivity contribution in [3.63, 3.8) is 0 Å². The number of hydrogen-bond donors (Lipinski definition) is 2. The van der Waals surface area contributed by atoms with E-state index in [0.717, 1.165) is 37.5 Å². The van der Waals surface area contributed by atoms with Crippen LogP contribution in [0.15, 0.2) is 47.8 Å². The molecule has 0 amide bonds. The molecule has 0 radical (unpaired) electrons. The number of halogens is 1. The van der Waals surface area contributed by atoms with Crippen LogP contribution >= 0.6 is 0 Å². The first-order valence-electron chi connectivity index (χ1n) is 8.29. The molecule has 2 aromatic rings. The molecule has 2 N–H and O–H groups in total. The lowest BCUT2D eigenvalue weighted by atomic mass is 9.99. The highest BCUT2D eigenvalue weighted by Crippen LogP contribution is 2.26. The van der Waals surface area contributed by atoms with Crippen LogP contribution in [0.4, 0.5) is 10.1 Å². The van der Waals surface area contributed by atoms with Crippen molar-refractivity contribution in [3.05, 3.63) is 59.7 Å². The van der Waals surface area contributed by atoms with Crippen LogP contribution in [-0.2, 0) is 0 Å². The Morgan fingerprint density at radius 3 is 2.62 bits per heavy atom. The third-order valence-electron chi connectivity index (χ3n) is 4.61. The number of hydrogen-bond acceptors (Lipinski definition) is 5. The number of rotatable bonds is 3. The number of pyridine rings is 1. The Balaban J connectivity index is 1.46. The second-order valence-electron chi connectivity index (χ2n) is 6.13. The van der Waals surface area contributed by atoms with Crippen molar-refractivity contribution in [2.45, 2.75) is 12.5 Å². The van der Waals surface area contributed by atoms with Gasteiger partial charge >= 0.3 is 0 Å². The molecule has 0 saturated carbocycles. The van der Waals surface area contributed by atoms with E-state index in [1.807, 2.05) is 0 Å². The van der Waals surface area contributed by atoms with E-state index >= 15 is 0 Å². The molecule has 1 aromatic carbocycles. The van der Waals surface area contributed by atoms with E-state index in [1.165, 1.54) is 11.9 Å². The Bertz CT molecular complexity index is 737. The van der Waals surface area contributed by atoms with Crippen LogP contribution in [0.25, 0.3) is 0 Å². The number of aromatic nitrogens is 1. The van der Waals surface area contributed by atoms with Gasteiger partial charge in [-0.3, -0.25) is 4.98 Å². The second kappa shape index (κ2) is 6.57. The number of anilines is 1. The normalized spacial score (nSPS) is 20.6. The Hall–Kier alpha value is -2.47. The minimum absolute atomic E-state index is 0.129. The summed E-state index contributed by atoms with van der Waals surface area (Å²) in [5.41, 5.74) is 6.94. The average molecular weight is 325 g/mol. The molecule has 0 bridgehead atoms. The van der Waals surface area contributed by atoms with E-state index in [0.29, 0.717) is 12.0 Å². The zero-order chi connectivity index (χ0) is 16.4. The molecule has 124 valence electrons. The van der Waals surface area contributed by atoms with Gasteiger partial charge in [-0.15, -0.1) is 0 Å². The van der Waals surface area contributed by atoms with Gasteiger partial charge in [0.2, 0.25) is 0 Å². The summed E-state index contributed by atoms with van der Waals surface area (Å²) in [5.74, 6) is -0.291. The van der Waals surface area contributed by atoms with Gasteiger partial charge in [0, 0.05) is 50.0 Å². The molecule has 0 aliphatic carbocycles. The molecule has 0 spiro atoms. The minimum Gasteiger partial charge on any atom is -0.369 e. The Morgan fingerprint density at radius 1 is 1.08 bits per heavy atom. The zero-order valence-electron chi connectivity index (χ0n) is 13.4. The van der Waals surface area contributed by atoms with Crippen molar-refractivity contribution >= 4 is 11.4 Å². The number of hydrazone groups is 1. The SMILES string of the molecule is Fc1cnccc1C1CC(c2ccc(N3CCNCC3)cc2)=NN1. The van der Waals surface area contributed by atoms with E-state index in [9.17, 15) is 4.39 Å². The molecule has 3 heterocycles. The van der Waals surface area contributed by atoms with Gasteiger partial charge in [-0.05, 0) is 23.8 Å². The van der Waals surface area contributed by atoms with Crippen LogP contribution in [-0.4, -0.2) is 36.9 Å². The summed E-state index contributed by atoms with van der Waals surface area (Å²) in [6.07, 6.45) is 3.53. The van der Waals surface area contributed by atoms with Gasteiger partial charge in [-0.1, -0.05) is 12.1 Å². The van der Waals surface area contributed by atoms with Crippen molar-refractivity contribution < 1.29 is 4.39 Å². The summed E-state index contributed by atoms with van der Waals surface area (Å²) in [4.78, 5) is 6.18. The van der Waals surface area contributed by atoms with Gasteiger partial charge in [0.15, 0.2) is 0 Å². The maximum Gasteiger partial charge on any atom is 0.146 e. The number of piperazine rings is 1. The lowest BCUT2D eigenvalue weighted by Gasteiger charge is -2.29. The fourth-order valence-corrected chi connectivity index (χ4v) is 3.26. The van der Waals surface area contributed by atoms with E-state index < -0.39 is 0 Å². The van der Waals surface area contributed by atoms with E-state index in [4.69, 9.17) is 0 Å². The van der Waals surface area contributed by atoms with Crippen LogP contribution in [0.5, 0.6) is 0 Å². The van der Waals surface area contributed by atoms with Gasteiger partial charge in [-0.2, -0.15) is 5.10 Å². The molecule has 4 rings (SSSR count). The number of nitrogens with one attached hydrogen (secondary N) is 2. The van der Waals surface area contributed by atoms with Crippen LogP contribution < -0.4 is 15.6 Å². The monoisotopic (exact) mass is 325 g/mol. The zero-order valence-corrected chi connectivity index (χ0v) is 13.4. The van der Waals surface area contributed by atoms with Crippen molar-refractivity contribution in [2.24, 2.45) is 5.10 Å². The predicted octanol–water partition coefficient (Wildman–Crippen LogP) is 2.07. The lowest BCUT2D eigenvalue weighted by Crippen LogP contribution is -2.43. The second-order valence-corrected chi connectivity index (χ2v) is 6.13. The first-order valence-corrected chi connectivity index (χ1v) is 8.29. The van der Waals surface area contributed by atoms with Gasteiger partial charge in [-0.25, -0.2) is 4.39 Å². The Morgan fingerprint density at radius 2 is 1.88 bits per heavy atom. The van der Waals surface area contributed by atoms with E-state index in [1.54, 1.807) is 12.3 Å². The molecule has 1 atom stereocenters. The predicted molar refractivity (Wildman–Crippen MR) is 92.8 cm³/mol. The highest BCUT2D eigenvalue weighted by molar-refractivity contribution is 6.02.